The molecule has 1 aliphatic rings. The number of rotatable bonds is 3. The van der Waals surface area contributed by atoms with Gasteiger partial charge >= 0.3 is 105 Å². The quantitative estimate of drug-likeness (QED) is 0.531. The van der Waals surface area contributed by atoms with E-state index in [9.17, 15) is 0 Å². The summed E-state index contributed by atoms with van der Waals surface area (Å²) in [5.74, 6) is 0. The molecule has 0 atom stereocenters. The summed E-state index contributed by atoms with van der Waals surface area (Å²) in [5, 5.41) is 1.75. The smallest absolute Gasteiger partial charge is 1.00 e. The molecular formula is C12H17Cl2NSiZr. The molecule has 0 spiro atoms. The van der Waals surface area contributed by atoms with Gasteiger partial charge in [-0.25, -0.2) is 0 Å². The summed E-state index contributed by atoms with van der Waals surface area (Å²) >= 11 is -0.514. The average Bonchev–Trinajstić information content (AvgIpc) is 2.77. The number of aryl methyl sites for hydroxylation is 1. The van der Waals surface area contributed by atoms with Gasteiger partial charge in [0.05, 0.1) is 0 Å². The van der Waals surface area contributed by atoms with Crippen LogP contribution in [0.1, 0.15) is 12.0 Å². The Morgan fingerprint density at radius 3 is 2.53 bits per heavy atom. The van der Waals surface area contributed by atoms with Crippen LogP contribution in [0.3, 0.4) is 0 Å². The molecule has 0 aliphatic heterocycles. The molecule has 2 rings (SSSR count). The maximum Gasteiger partial charge on any atom is -1.00 e. The van der Waals surface area contributed by atoms with E-state index in [2.05, 4.69) is 49.4 Å². The molecule has 0 unspecified atom stereocenters. The van der Waals surface area contributed by atoms with Crippen LogP contribution in [0.4, 0.5) is 0 Å². The van der Waals surface area contributed by atoms with Gasteiger partial charge in [-0.05, 0) is 0 Å². The molecule has 0 aromatic carbocycles. The summed E-state index contributed by atoms with van der Waals surface area (Å²) in [4.78, 5) is 3.42. The van der Waals surface area contributed by atoms with Crippen LogP contribution >= 0.6 is 0 Å². The van der Waals surface area contributed by atoms with Gasteiger partial charge in [-0.3, -0.25) is 0 Å². The van der Waals surface area contributed by atoms with E-state index in [4.69, 9.17) is 0 Å². The van der Waals surface area contributed by atoms with Crippen molar-refractivity contribution in [1.82, 2.24) is 4.98 Å². The molecule has 0 bridgehead atoms. The standard InChI is InChI=1S/C7H11Si.C5H6N.2ClH.Zr/c1-8(2)7-5-3-4-6-7;1-5-2-3-6-4-5;;;/h3,5,8H,4H2,1-2H3;2-3,6H,1H3;2*1H;/q;;;;+2/p-2. The molecule has 92 valence electrons. The van der Waals surface area contributed by atoms with Crippen molar-refractivity contribution < 1.29 is 48.0 Å². The minimum atomic E-state index is -0.597. The minimum absolute atomic E-state index is 0. The molecule has 0 radical (unpaired) electrons. The number of allylic oxidation sites excluding steroid dienone is 4. The van der Waals surface area contributed by atoms with Crippen molar-refractivity contribution in [3.8, 4) is 0 Å². The first-order valence-corrected chi connectivity index (χ1v) is 10.8. The monoisotopic (exact) mass is 363 g/mol. The van der Waals surface area contributed by atoms with Crippen LogP contribution < -0.4 is 28.2 Å². The third-order valence-electron chi connectivity index (χ3n) is 2.82. The molecule has 1 aliphatic carbocycles. The van der Waals surface area contributed by atoms with E-state index in [1.807, 2.05) is 3.28 Å². The second-order valence-corrected chi connectivity index (χ2v) is 10.6. The van der Waals surface area contributed by atoms with Gasteiger partial charge in [0.15, 0.2) is 0 Å². The zero-order valence-electron chi connectivity index (χ0n) is 10.3. The molecule has 1 aromatic rings. The summed E-state index contributed by atoms with van der Waals surface area (Å²) in [6.07, 6.45) is 8.08. The maximum absolute atomic E-state index is 3.42. The van der Waals surface area contributed by atoms with Crippen LogP contribution in [0.25, 0.3) is 0 Å². The van der Waals surface area contributed by atoms with Gasteiger partial charge in [-0.15, -0.1) is 0 Å². The molecule has 0 fully saturated rings. The summed E-state index contributed by atoms with van der Waals surface area (Å²) in [6, 6.07) is 2.20. The number of halogens is 2. The van der Waals surface area contributed by atoms with Crippen LogP contribution in [0.5, 0.6) is 0 Å². The van der Waals surface area contributed by atoms with Gasteiger partial charge in [-0.1, -0.05) is 0 Å². The van der Waals surface area contributed by atoms with E-state index in [1.54, 1.807) is 8.60 Å². The first-order valence-electron chi connectivity index (χ1n) is 5.49. The summed E-state index contributed by atoms with van der Waals surface area (Å²) < 4.78 is 3.37. The molecule has 1 aromatic heterocycles. The van der Waals surface area contributed by atoms with Crippen molar-refractivity contribution in [2.75, 3.05) is 0 Å². The summed E-state index contributed by atoms with van der Waals surface area (Å²) in [5.41, 5.74) is 1.46. The summed E-state index contributed by atoms with van der Waals surface area (Å²) in [6.45, 7) is 7.10. The van der Waals surface area contributed by atoms with Crippen LogP contribution in [0.15, 0.2) is 32.9 Å². The number of aromatic amines is 1. The van der Waals surface area contributed by atoms with Gasteiger partial charge in [-0.2, -0.15) is 0 Å². The SMILES string of the molecule is Cc1cc[nH][c]1[Zr+2][C]1=C([SiH](C)C)C=CC1.[Cl-].[Cl-]. The van der Waals surface area contributed by atoms with E-state index in [0.29, 0.717) is 0 Å². The van der Waals surface area contributed by atoms with Crippen LogP contribution in [0.2, 0.25) is 13.1 Å². The van der Waals surface area contributed by atoms with Gasteiger partial charge in [0.1, 0.15) is 0 Å². The van der Waals surface area contributed by atoms with Crippen molar-refractivity contribution >= 4 is 12.2 Å². The first-order chi connectivity index (χ1) is 7.18. The van der Waals surface area contributed by atoms with Crippen molar-refractivity contribution in [2.45, 2.75) is 26.4 Å². The van der Waals surface area contributed by atoms with Gasteiger partial charge in [0, 0.05) is 0 Å². The van der Waals surface area contributed by atoms with Crippen molar-refractivity contribution in [2.24, 2.45) is 0 Å². The minimum Gasteiger partial charge on any atom is -1.00 e. The van der Waals surface area contributed by atoms with Gasteiger partial charge in [0.2, 0.25) is 0 Å². The van der Waals surface area contributed by atoms with Gasteiger partial charge < -0.3 is 24.8 Å². The van der Waals surface area contributed by atoms with E-state index < -0.39 is 32.0 Å². The molecule has 5 heteroatoms. The Morgan fingerprint density at radius 1 is 1.29 bits per heavy atom. The summed E-state index contributed by atoms with van der Waals surface area (Å²) in [7, 11) is -0.597. The first kappa shape index (κ1) is 17.4. The van der Waals surface area contributed by atoms with E-state index in [1.165, 1.54) is 12.0 Å². The van der Waals surface area contributed by atoms with Crippen LogP contribution in [-0.2, 0) is 23.2 Å². The molecule has 0 amide bonds. The number of hydrogen-bond acceptors (Lipinski definition) is 0. The molecule has 1 N–H and O–H groups in total. The fraction of sp³-hybridized carbons (Fsp3) is 0.333. The molecule has 1 nitrogen and oxygen atoms in total. The predicted octanol–water partition coefficient (Wildman–Crippen LogP) is -3.72. The zero-order valence-corrected chi connectivity index (χ0v) is 15.5. The Morgan fingerprint density at radius 2 is 2.00 bits per heavy atom. The third kappa shape index (κ3) is 4.24. The number of aromatic nitrogens is 1. The second-order valence-electron chi connectivity index (χ2n) is 4.36. The van der Waals surface area contributed by atoms with Crippen molar-refractivity contribution in [3.05, 3.63) is 38.5 Å². The zero-order chi connectivity index (χ0) is 10.8. The van der Waals surface area contributed by atoms with E-state index in [0.717, 1.165) is 0 Å². The number of H-pyrrole nitrogens is 1. The van der Waals surface area contributed by atoms with Crippen LogP contribution in [0, 0.1) is 6.92 Å². The van der Waals surface area contributed by atoms with Crippen molar-refractivity contribution in [1.29, 1.82) is 0 Å². The fourth-order valence-electron chi connectivity index (χ4n) is 1.92. The third-order valence-corrected chi connectivity index (χ3v) is 9.21. The van der Waals surface area contributed by atoms with Gasteiger partial charge in [0.25, 0.3) is 0 Å². The Kier molecular flexibility index (Phi) is 7.98. The normalized spacial score (nSPS) is 13.4. The van der Waals surface area contributed by atoms with Crippen LogP contribution in [-0.4, -0.2) is 13.8 Å². The predicted molar refractivity (Wildman–Crippen MR) is 64.8 cm³/mol. The fourth-order valence-corrected chi connectivity index (χ4v) is 8.72. The topological polar surface area (TPSA) is 15.8 Å². The average molecular weight is 365 g/mol. The molecule has 0 saturated heterocycles. The van der Waals surface area contributed by atoms with Crippen molar-refractivity contribution in [3.63, 3.8) is 0 Å². The molecular weight excluding hydrogens is 348 g/mol. The number of nitrogens with one attached hydrogen (secondary N) is 1. The Balaban J connectivity index is 0.00000128. The van der Waals surface area contributed by atoms with E-state index >= 15 is 0 Å². The maximum atomic E-state index is 3.42. The number of hydrogen-bond donors (Lipinski definition) is 1. The Hall–Kier alpha value is 0.440. The molecule has 17 heavy (non-hydrogen) atoms. The molecule has 1 heterocycles. The molecule has 0 saturated carbocycles. The Bertz CT molecular complexity index is 424. The second kappa shape index (κ2) is 7.78. The Labute approximate surface area is 129 Å². The largest absolute Gasteiger partial charge is 1.00 e. The van der Waals surface area contributed by atoms with E-state index in [-0.39, 0.29) is 24.8 Å².